The molecule has 1 heterocycles. The summed E-state index contributed by atoms with van der Waals surface area (Å²) in [7, 11) is 0. The molecule has 0 aromatic heterocycles. The maximum absolute atomic E-state index is 12.8. The first kappa shape index (κ1) is 19.4. The van der Waals surface area contributed by atoms with Crippen molar-refractivity contribution < 1.29 is 19.1 Å². The van der Waals surface area contributed by atoms with Gasteiger partial charge in [0, 0.05) is 16.9 Å². The SMILES string of the molecule is CC1CC(=O)Nc2ccccc2N1C(=O)COC(=O)c1cc(Br)ccc1Cl. The molecule has 0 saturated heterocycles. The van der Waals surface area contributed by atoms with Gasteiger partial charge in [-0.3, -0.25) is 9.59 Å². The number of rotatable bonds is 3. The molecule has 1 aliphatic rings. The van der Waals surface area contributed by atoms with Crippen molar-refractivity contribution in [3.63, 3.8) is 0 Å². The number of halogens is 2. The molecule has 0 fully saturated rings. The first-order valence-corrected chi connectivity index (χ1v) is 9.37. The lowest BCUT2D eigenvalue weighted by Crippen LogP contribution is -2.41. The first-order chi connectivity index (χ1) is 12.9. The van der Waals surface area contributed by atoms with Gasteiger partial charge >= 0.3 is 5.97 Å². The van der Waals surface area contributed by atoms with Crippen LogP contribution in [0.25, 0.3) is 0 Å². The fourth-order valence-corrected chi connectivity index (χ4v) is 3.45. The van der Waals surface area contributed by atoms with E-state index in [-0.39, 0.29) is 29.0 Å². The van der Waals surface area contributed by atoms with Crippen molar-refractivity contribution in [1.82, 2.24) is 0 Å². The third-order valence-corrected chi connectivity index (χ3v) is 4.93. The predicted octanol–water partition coefficient (Wildman–Crippen LogP) is 4.02. The normalized spacial score (nSPS) is 16.2. The van der Waals surface area contributed by atoms with E-state index < -0.39 is 18.5 Å². The van der Waals surface area contributed by atoms with Gasteiger partial charge in [-0.15, -0.1) is 0 Å². The number of carbonyl (C=O) groups is 3. The summed E-state index contributed by atoms with van der Waals surface area (Å²) in [5.74, 6) is -1.30. The lowest BCUT2D eigenvalue weighted by molar-refractivity contribution is -0.122. The van der Waals surface area contributed by atoms with E-state index in [2.05, 4.69) is 21.2 Å². The maximum atomic E-state index is 12.8. The van der Waals surface area contributed by atoms with E-state index in [0.717, 1.165) is 0 Å². The fraction of sp³-hybridized carbons (Fsp3) is 0.211. The summed E-state index contributed by atoms with van der Waals surface area (Å²) < 4.78 is 5.84. The zero-order valence-corrected chi connectivity index (χ0v) is 16.7. The number of anilines is 2. The molecule has 1 aliphatic heterocycles. The van der Waals surface area contributed by atoms with Crippen molar-refractivity contribution in [2.75, 3.05) is 16.8 Å². The van der Waals surface area contributed by atoms with E-state index in [1.807, 2.05) is 0 Å². The molecule has 27 heavy (non-hydrogen) atoms. The minimum Gasteiger partial charge on any atom is -0.452 e. The number of esters is 1. The number of amides is 2. The molecule has 1 atom stereocenters. The van der Waals surface area contributed by atoms with E-state index in [1.54, 1.807) is 43.3 Å². The van der Waals surface area contributed by atoms with Gasteiger partial charge in [-0.2, -0.15) is 0 Å². The van der Waals surface area contributed by atoms with Gasteiger partial charge in [0.2, 0.25) is 5.91 Å². The Morgan fingerprint density at radius 3 is 2.81 bits per heavy atom. The van der Waals surface area contributed by atoms with Crippen LogP contribution in [0.5, 0.6) is 0 Å². The molecule has 8 heteroatoms. The smallest absolute Gasteiger partial charge is 0.340 e. The molecule has 0 radical (unpaired) electrons. The Bertz CT molecular complexity index is 918. The van der Waals surface area contributed by atoms with Crippen LogP contribution in [0.4, 0.5) is 11.4 Å². The first-order valence-electron chi connectivity index (χ1n) is 8.20. The van der Waals surface area contributed by atoms with E-state index in [9.17, 15) is 14.4 Å². The van der Waals surface area contributed by atoms with Gasteiger partial charge in [0.1, 0.15) is 0 Å². The number of nitrogens with zero attached hydrogens (tertiary/aromatic N) is 1. The number of ether oxygens (including phenoxy) is 1. The molecule has 0 spiro atoms. The third-order valence-electron chi connectivity index (χ3n) is 4.10. The van der Waals surface area contributed by atoms with Crippen LogP contribution in [0.15, 0.2) is 46.9 Å². The molecular weight excluding hydrogens is 436 g/mol. The molecular formula is C19H16BrClN2O4. The standard InChI is InChI=1S/C19H16BrClN2O4/c1-11-8-17(24)22-15-4-2-3-5-16(15)23(11)18(25)10-27-19(26)13-9-12(20)6-7-14(13)21/h2-7,9,11H,8,10H2,1H3,(H,22,24). The Kier molecular flexibility index (Phi) is 5.82. The summed E-state index contributed by atoms with van der Waals surface area (Å²) in [6, 6.07) is 11.4. The number of carbonyl (C=O) groups excluding carboxylic acids is 3. The highest BCUT2D eigenvalue weighted by molar-refractivity contribution is 9.10. The molecule has 0 bridgehead atoms. The van der Waals surface area contributed by atoms with Gasteiger partial charge in [0.25, 0.3) is 5.91 Å². The van der Waals surface area contributed by atoms with Crippen LogP contribution in [0.1, 0.15) is 23.7 Å². The molecule has 2 amide bonds. The van der Waals surface area contributed by atoms with Crippen molar-refractivity contribution >= 4 is 56.7 Å². The summed E-state index contributed by atoms with van der Waals surface area (Å²) in [6.07, 6.45) is 0.145. The topological polar surface area (TPSA) is 75.7 Å². The van der Waals surface area contributed by atoms with E-state index in [4.69, 9.17) is 16.3 Å². The minimum atomic E-state index is -0.695. The second-order valence-electron chi connectivity index (χ2n) is 6.08. The van der Waals surface area contributed by atoms with E-state index in [1.165, 1.54) is 11.0 Å². The third kappa shape index (κ3) is 4.31. The van der Waals surface area contributed by atoms with Gasteiger partial charge < -0.3 is 15.0 Å². The molecule has 3 rings (SSSR count). The Morgan fingerprint density at radius 2 is 2.04 bits per heavy atom. The van der Waals surface area contributed by atoms with Crippen molar-refractivity contribution in [3.05, 3.63) is 57.5 Å². The minimum absolute atomic E-state index is 0.145. The van der Waals surface area contributed by atoms with Crippen LogP contribution in [-0.2, 0) is 14.3 Å². The van der Waals surface area contributed by atoms with Gasteiger partial charge in [-0.25, -0.2) is 4.79 Å². The average molecular weight is 452 g/mol. The summed E-state index contributed by atoms with van der Waals surface area (Å²) >= 11 is 9.29. The number of fused-ring (bicyclic) bond motifs is 1. The van der Waals surface area contributed by atoms with Crippen LogP contribution in [0, 0.1) is 0 Å². The van der Waals surface area contributed by atoms with Gasteiger partial charge in [0.15, 0.2) is 6.61 Å². The lowest BCUT2D eigenvalue weighted by Gasteiger charge is -2.27. The van der Waals surface area contributed by atoms with Gasteiger partial charge in [-0.05, 0) is 37.3 Å². The number of nitrogens with one attached hydrogen (secondary N) is 1. The maximum Gasteiger partial charge on any atom is 0.340 e. The zero-order valence-electron chi connectivity index (χ0n) is 14.4. The van der Waals surface area contributed by atoms with E-state index in [0.29, 0.717) is 15.8 Å². The number of para-hydroxylation sites is 2. The van der Waals surface area contributed by atoms with Crippen LogP contribution in [0.2, 0.25) is 5.02 Å². The second kappa shape index (κ2) is 8.10. The molecule has 1 N–H and O–H groups in total. The van der Waals surface area contributed by atoms with Crippen LogP contribution in [0.3, 0.4) is 0 Å². The Morgan fingerprint density at radius 1 is 1.30 bits per heavy atom. The summed E-state index contributed by atoms with van der Waals surface area (Å²) in [4.78, 5) is 38.5. The Hall–Kier alpha value is -2.38. The van der Waals surface area contributed by atoms with Crippen LogP contribution < -0.4 is 10.2 Å². The fourth-order valence-electron chi connectivity index (χ4n) is 2.90. The lowest BCUT2D eigenvalue weighted by atomic mass is 10.1. The predicted molar refractivity (Wildman–Crippen MR) is 106 cm³/mol. The summed E-state index contributed by atoms with van der Waals surface area (Å²) in [6.45, 7) is 1.31. The molecule has 1 unspecified atom stereocenters. The quantitative estimate of drug-likeness (QED) is 0.715. The van der Waals surface area contributed by atoms with Crippen molar-refractivity contribution in [3.8, 4) is 0 Å². The second-order valence-corrected chi connectivity index (χ2v) is 7.41. The van der Waals surface area contributed by atoms with Crippen molar-refractivity contribution in [2.24, 2.45) is 0 Å². The molecule has 0 saturated carbocycles. The molecule has 2 aromatic carbocycles. The number of hydrogen-bond donors (Lipinski definition) is 1. The van der Waals surface area contributed by atoms with E-state index >= 15 is 0 Å². The van der Waals surface area contributed by atoms with Gasteiger partial charge in [-0.1, -0.05) is 39.7 Å². The highest BCUT2D eigenvalue weighted by Gasteiger charge is 2.30. The Balaban J connectivity index is 1.78. The Labute approximate surface area is 169 Å². The summed E-state index contributed by atoms with van der Waals surface area (Å²) in [5.41, 5.74) is 1.28. The monoisotopic (exact) mass is 450 g/mol. The van der Waals surface area contributed by atoms with Crippen molar-refractivity contribution in [2.45, 2.75) is 19.4 Å². The van der Waals surface area contributed by atoms with Crippen molar-refractivity contribution in [1.29, 1.82) is 0 Å². The largest absolute Gasteiger partial charge is 0.452 e. The molecule has 6 nitrogen and oxygen atoms in total. The van der Waals surface area contributed by atoms with Crippen LogP contribution in [-0.4, -0.2) is 30.4 Å². The number of hydrogen-bond acceptors (Lipinski definition) is 4. The summed E-state index contributed by atoms with van der Waals surface area (Å²) in [5, 5.41) is 3.01. The van der Waals surface area contributed by atoms with Gasteiger partial charge in [0.05, 0.1) is 22.0 Å². The number of benzene rings is 2. The molecule has 0 aliphatic carbocycles. The highest BCUT2D eigenvalue weighted by Crippen LogP contribution is 2.31. The molecule has 140 valence electrons. The average Bonchev–Trinajstić information content (AvgIpc) is 2.75. The zero-order chi connectivity index (χ0) is 19.6. The molecule has 2 aromatic rings. The van der Waals surface area contributed by atoms with Crippen LogP contribution >= 0.6 is 27.5 Å². The highest BCUT2D eigenvalue weighted by atomic mass is 79.9.